The summed E-state index contributed by atoms with van der Waals surface area (Å²) in [6.07, 6.45) is 3.01. The Morgan fingerprint density at radius 2 is 2.38 bits per heavy atom. The monoisotopic (exact) mass is 184 g/mol. The first-order valence-electron chi connectivity index (χ1n) is 3.13. The van der Waals surface area contributed by atoms with E-state index in [0.29, 0.717) is 0 Å². The lowest BCUT2D eigenvalue weighted by molar-refractivity contribution is 0.0991. The van der Waals surface area contributed by atoms with Gasteiger partial charge in [0, 0.05) is 12.4 Å². The average molecular weight is 184 g/mol. The van der Waals surface area contributed by atoms with Crippen molar-refractivity contribution in [3.63, 3.8) is 0 Å². The Balaban J connectivity index is 0.000000252. The summed E-state index contributed by atoms with van der Waals surface area (Å²) in [5.41, 5.74) is 4.83. The molecular weight excluding hydrogens is 176 g/mol. The van der Waals surface area contributed by atoms with E-state index in [-0.39, 0.29) is 5.82 Å². The maximum atomic E-state index is 10.2. The number of nitroso groups, excluding NO2 is 1. The van der Waals surface area contributed by atoms with Crippen molar-refractivity contribution in [3.8, 4) is 0 Å². The number of hydrogen-bond acceptors (Lipinski definition) is 4. The first kappa shape index (κ1) is 10.9. The van der Waals surface area contributed by atoms with Crippen LogP contribution in [0, 0.1) is 4.91 Å². The molecule has 0 atom stereocenters. The van der Waals surface area contributed by atoms with Gasteiger partial charge >= 0.3 is 0 Å². The number of nitrogens with zero attached hydrogens (tertiary/aromatic N) is 4. The number of carbonyl (C=O) groups is 1. The van der Waals surface area contributed by atoms with E-state index in [1.54, 1.807) is 6.20 Å². The SMILES string of the molecule is CN=NN=O.NC(=O)c1ncc[nH]1. The van der Waals surface area contributed by atoms with Gasteiger partial charge in [-0.2, -0.15) is 5.11 Å². The summed E-state index contributed by atoms with van der Waals surface area (Å²) in [7, 11) is 1.38. The minimum Gasteiger partial charge on any atom is -0.363 e. The molecule has 1 heterocycles. The van der Waals surface area contributed by atoms with E-state index in [2.05, 4.69) is 25.6 Å². The number of aromatic nitrogens is 2. The van der Waals surface area contributed by atoms with Gasteiger partial charge in [0.2, 0.25) is 0 Å². The summed E-state index contributed by atoms with van der Waals surface area (Å²) in [5, 5.41) is 7.73. The smallest absolute Gasteiger partial charge is 0.284 e. The molecule has 0 aliphatic rings. The molecule has 0 unspecified atom stereocenters. The van der Waals surface area contributed by atoms with Crippen molar-refractivity contribution in [2.75, 3.05) is 7.05 Å². The van der Waals surface area contributed by atoms with Crippen molar-refractivity contribution in [2.24, 2.45) is 21.4 Å². The molecular formula is C5H8N6O2. The molecule has 8 heteroatoms. The van der Waals surface area contributed by atoms with E-state index >= 15 is 0 Å². The third kappa shape index (κ3) is 5.18. The minimum atomic E-state index is -0.532. The number of nitrogens with one attached hydrogen (secondary N) is 1. The molecule has 0 bridgehead atoms. The molecule has 0 aromatic carbocycles. The summed E-state index contributed by atoms with van der Waals surface area (Å²) in [5.74, 6) is -0.333. The molecule has 1 aromatic rings. The maximum Gasteiger partial charge on any atom is 0.284 e. The number of imidazole rings is 1. The number of H-pyrrole nitrogens is 1. The molecule has 13 heavy (non-hydrogen) atoms. The number of amides is 1. The van der Waals surface area contributed by atoms with Crippen LogP contribution < -0.4 is 5.73 Å². The fourth-order valence-corrected chi connectivity index (χ4v) is 0.437. The van der Waals surface area contributed by atoms with Crippen molar-refractivity contribution < 1.29 is 4.79 Å². The lowest BCUT2D eigenvalue weighted by Gasteiger charge is -1.80. The van der Waals surface area contributed by atoms with Crippen molar-refractivity contribution in [3.05, 3.63) is 23.1 Å². The topological polar surface area (TPSA) is 126 Å². The second-order valence-electron chi connectivity index (χ2n) is 1.67. The highest BCUT2D eigenvalue weighted by Crippen LogP contribution is 1.82. The third-order valence-corrected chi connectivity index (χ3v) is 0.858. The summed E-state index contributed by atoms with van der Waals surface area (Å²) < 4.78 is 0. The van der Waals surface area contributed by atoms with Crippen molar-refractivity contribution in [1.82, 2.24) is 9.97 Å². The fourth-order valence-electron chi connectivity index (χ4n) is 0.437. The second kappa shape index (κ2) is 6.58. The second-order valence-corrected chi connectivity index (χ2v) is 1.67. The normalized spacial score (nSPS) is 9.00. The van der Waals surface area contributed by atoms with Gasteiger partial charge in [-0.15, -0.1) is 4.91 Å². The van der Waals surface area contributed by atoms with Gasteiger partial charge in [-0.05, 0) is 5.22 Å². The molecule has 1 amide bonds. The highest BCUT2D eigenvalue weighted by molar-refractivity contribution is 5.88. The Bertz CT molecular complexity index is 279. The number of hydrogen-bond donors (Lipinski definition) is 2. The lowest BCUT2D eigenvalue weighted by atomic mass is 10.6. The molecule has 8 nitrogen and oxygen atoms in total. The summed E-state index contributed by atoms with van der Waals surface area (Å²) in [6, 6.07) is 0. The fraction of sp³-hybridized carbons (Fsp3) is 0.200. The predicted octanol–water partition coefficient (Wildman–Crippen LogP) is 0.258. The van der Waals surface area contributed by atoms with Crippen LogP contribution in [0.5, 0.6) is 0 Å². The lowest BCUT2D eigenvalue weighted by Crippen LogP contribution is -2.12. The Morgan fingerprint density at radius 3 is 2.54 bits per heavy atom. The predicted molar refractivity (Wildman–Crippen MR) is 43.7 cm³/mol. The van der Waals surface area contributed by atoms with E-state index in [4.69, 9.17) is 10.6 Å². The van der Waals surface area contributed by atoms with Crippen molar-refractivity contribution in [2.45, 2.75) is 0 Å². The van der Waals surface area contributed by atoms with Gasteiger partial charge in [0.05, 0.1) is 7.05 Å². The van der Waals surface area contributed by atoms with Gasteiger partial charge in [-0.25, -0.2) is 4.98 Å². The van der Waals surface area contributed by atoms with Crippen LogP contribution in [0.4, 0.5) is 0 Å². The standard InChI is InChI=1S/C4H5N3O.CH3N3O/c5-3(8)4-6-1-2-7-4;1-2-3-4-5/h1-2H,(H2,5,8)(H,6,7);1H3. The Labute approximate surface area is 73.2 Å². The van der Waals surface area contributed by atoms with Gasteiger partial charge in [0.1, 0.15) is 5.29 Å². The summed E-state index contributed by atoms with van der Waals surface area (Å²) >= 11 is 0. The molecule has 1 aromatic heterocycles. The largest absolute Gasteiger partial charge is 0.363 e. The highest BCUT2D eigenvalue weighted by atomic mass is 16.3. The van der Waals surface area contributed by atoms with Crippen molar-refractivity contribution >= 4 is 5.91 Å². The molecule has 0 spiro atoms. The number of aromatic amines is 1. The zero-order valence-electron chi connectivity index (χ0n) is 6.84. The van der Waals surface area contributed by atoms with Gasteiger partial charge in [-0.1, -0.05) is 0 Å². The average Bonchev–Trinajstić information content (AvgIpc) is 2.58. The summed E-state index contributed by atoms with van der Waals surface area (Å²) in [4.78, 5) is 25.2. The van der Waals surface area contributed by atoms with E-state index in [9.17, 15) is 4.79 Å². The van der Waals surface area contributed by atoms with Crippen LogP contribution in [0.2, 0.25) is 0 Å². The Hall–Kier alpha value is -2.12. The van der Waals surface area contributed by atoms with Crippen LogP contribution in [0.25, 0.3) is 0 Å². The van der Waals surface area contributed by atoms with Gasteiger partial charge < -0.3 is 10.7 Å². The van der Waals surface area contributed by atoms with Crippen LogP contribution in [0.3, 0.4) is 0 Å². The van der Waals surface area contributed by atoms with Crippen molar-refractivity contribution in [1.29, 1.82) is 0 Å². The van der Waals surface area contributed by atoms with Gasteiger partial charge in [-0.3, -0.25) is 4.79 Å². The zero-order valence-corrected chi connectivity index (χ0v) is 6.84. The first-order chi connectivity index (χ1) is 6.22. The van der Waals surface area contributed by atoms with Crippen LogP contribution >= 0.6 is 0 Å². The molecule has 0 saturated carbocycles. The molecule has 70 valence electrons. The molecule has 0 aliphatic heterocycles. The molecule has 0 aliphatic carbocycles. The Kier molecular flexibility index (Phi) is 5.51. The molecule has 1 rings (SSSR count). The van der Waals surface area contributed by atoms with E-state index in [0.717, 1.165) is 0 Å². The number of rotatable bonds is 2. The van der Waals surface area contributed by atoms with Crippen LogP contribution in [-0.4, -0.2) is 22.9 Å². The van der Waals surface area contributed by atoms with Crippen LogP contribution in [0.15, 0.2) is 28.0 Å². The maximum absolute atomic E-state index is 10.2. The van der Waals surface area contributed by atoms with Crippen LogP contribution in [0.1, 0.15) is 10.6 Å². The number of nitrogens with two attached hydrogens (primary N) is 1. The summed E-state index contributed by atoms with van der Waals surface area (Å²) in [6.45, 7) is 0. The zero-order chi connectivity index (χ0) is 10.1. The highest BCUT2D eigenvalue weighted by Gasteiger charge is 1.97. The Morgan fingerprint density at radius 1 is 1.69 bits per heavy atom. The molecule has 3 N–H and O–H groups in total. The quantitative estimate of drug-likeness (QED) is 0.388. The molecule has 0 radical (unpaired) electrons. The third-order valence-electron chi connectivity index (χ3n) is 0.858. The van der Waals surface area contributed by atoms with Gasteiger partial charge in [0.25, 0.3) is 5.91 Å². The van der Waals surface area contributed by atoms with Crippen LogP contribution in [-0.2, 0) is 0 Å². The minimum absolute atomic E-state index is 0.199. The molecule has 0 fully saturated rings. The van der Waals surface area contributed by atoms with E-state index < -0.39 is 5.91 Å². The number of primary amides is 1. The van der Waals surface area contributed by atoms with E-state index in [1.807, 2.05) is 0 Å². The van der Waals surface area contributed by atoms with E-state index in [1.165, 1.54) is 13.2 Å². The first-order valence-corrected chi connectivity index (χ1v) is 3.13. The molecule has 0 saturated heterocycles. The van der Waals surface area contributed by atoms with Gasteiger partial charge in [0.15, 0.2) is 5.82 Å². The number of carbonyl (C=O) groups excluding carboxylic acids is 1.